The highest BCUT2D eigenvalue weighted by molar-refractivity contribution is 5.99. The van der Waals surface area contributed by atoms with Crippen LogP contribution in [0.2, 0.25) is 0 Å². The minimum atomic E-state index is -0.903. The maximum atomic E-state index is 12.3. The number of aliphatic carboxylic acids is 1. The van der Waals surface area contributed by atoms with E-state index in [-0.39, 0.29) is 30.5 Å². The zero-order chi connectivity index (χ0) is 17.9. The van der Waals surface area contributed by atoms with Crippen LogP contribution in [0.15, 0.2) is 12.3 Å². The van der Waals surface area contributed by atoms with Gasteiger partial charge in [-0.15, -0.1) is 0 Å². The van der Waals surface area contributed by atoms with Crippen LogP contribution in [0.3, 0.4) is 0 Å². The average molecular weight is 335 g/mol. The number of carbonyl (C=O) groups excluding carboxylic acids is 3. The Labute approximate surface area is 139 Å². The van der Waals surface area contributed by atoms with Crippen LogP contribution in [-0.2, 0) is 9.59 Å². The number of aromatic amines is 1. The number of hydrogen-bond acceptors (Lipinski definition) is 4. The minimum absolute atomic E-state index is 0.139. The number of ketones is 1. The summed E-state index contributed by atoms with van der Waals surface area (Å²) in [6, 6.07) is 1.45. The van der Waals surface area contributed by atoms with Gasteiger partial charge in [0.1, 0.15) is 5.69 Å². The maximum Gasteiger partial charge on any atom is 0.308 e. The molecular weight excluding hydrogens is 314 g/mol. The largest absolute Gasteiger partial charge is 0.481 e. The van der Waals surface area contributed by atoms with Gasteiger partial charge in [0.25, 0.3) is 5.91 Å². The lowest BCUT2D eigenvalue weighted by Crippen LogP contribution is -2.46. The predicted octanol–water partition coefficient (Wildman–Crippen LogP) is 0.613. The molecule has 1 saturated heterocycles. The number of rotatable bonds is 5. The van der Waals surface area contributed by atoms with Crippen molar-refractivity contribution in [3.8, 4) is 0 Å². The van der Waals surface area contributed by atoms with Gasteiger partial charge in [0.05, 0.1) is 12.5 Å². The van der Waals surface area contributed by atoms with Crippen LogP contribution in [0.4, 0.5) is 0 Å². The molecule has 8 heteroatoms. The summed E-state index contributed by atoms with van der Waals surface area (Å²) >= 11 is 0. The van der Waals surface area contributed by atoms with Crippen molar-refractivity contribution in [3.05, 3.63) is 23.5 Å². The minimum Gasteiger partial charge on any atom is -0.481 e. The molecule has 1 aliphatic heterocycles. The van der Waals surface area contributed by atoms with Gasteiger partial charge in [-0.05, 0) is 25.8 Å². The molecule has 1 aromatic rings. The van der Waals surface area contributed by atoms with Crippen LogP contribution in [0.25, 0.3) is 0 Å². The number of Topliss-reactive ketones (excluding diaryl/α,β-unsaturated/α-hetero) is 1. The number of likely N-dealkylation sites (N-methyl/N-ethyl adjacent to an activating group) is 1. The van der Waals surface area contributed by atoms with E-state index in [1.807, 2.05) is 0 Å². The van der Waals surface area contributed by atoms with Gasteiger partial charge in [-0.2, -0.15) is 0 Å². The van der Waals surface area contributed by atoms with Crippen LogP contribution in [0, 0.1) is 5.92 Å². The van der Waals surface area contributed by atoms with Crippen molar-refractivity contribution < 1.29 is 24.3 Å². The number of aromatic nitrogens is 1. The van der Waals surface area contributed by atoms with Gasteiger partial charge in [-0.3, -0.25) is 19.2 Å². The molecule has 0 radical (unpaired) electrons. The highest BCUT2D eigenvalue weighted by atomic mass is 16.4. The fraction of sp³-hybridized carbons (Fsp3) is 0.500. The number of piperidine rings is 1. The Morgan fingerprint density at radius 1 is 1.38 bits per heavy atom. The summed E-state index contributed by atoms with van der Waals surface area (Å²) in [7, 11) is 1.49. The van der Waals surface area contributed by atoms with E-state index in [1.165, 1.54) is 36.0 Å². The first-order chi connectivity index (χ1) is 11.3. The molecule has 0 aliphatic carbocycles. The first kappa shape index (κ1) is 17.7. The monoisotopic (exact) mass is 335 g/mol. The normalized spacial score (nSPS) is 17.4. The van der Waals surface area contributed by atoms with E-state index in [0.29, 0.717) is 24.9 Å². The van der Waals surface area contributed by atoms with E-state index in [0.717, 1.165) is 0 Å². The van der Waals surface area contributed by atoms with E-state index >= 15 is 0 Å². The fourth-order valence-electron chi connectivity index (χ4n) is 2.71. The lowest BCUT2D eigenvalue weighted by molar-refractivity contribution is -0.145. The fourth-order valence-corrected chi connectivity index (χ4v) is 2.71. The topological polar surface area (TPSA) is 111 Å². The van der Waals surface area contributed by atoms with Crippen molar-refractivity contribution in [2.24, 2.45) is 5.92 Å². The van der Waals surface area contributed by atoms with Gasteiger partial charge >= 0.3 is 5.97 Å². The molecule has 2 amide bonds. The van der Waals surface area contributed by atoms with Crippen LogP contribution >= 0.6 is 0 Å². The molecule has 0 saturated carbocycles. The van der Waals surface area contributed by atoms with Crippen molar-refractivity contribution in [1.82, 2.24) is 14.8 Å². The Balaban J connectivity index is 1.96. The highest BCUT2D eigenvalue weighted by Crippen LogP contribution is 2.17. The van der Waals surface area contributed by atoms with Crippen LogP contribution in [-0.4, -0.2) is 70.1 Å². The maximum absolute atomic E-state index is 12.3. The van der Waals surface area contributed by atoms with Crippen LogP contribution in [0.1, 0.15) is 40.6 Å². The van der Waals surface area contributed by atoms with E-state index < -0.39 is 17.8 Å². The Morgan fingerprint density at radius 3 is 2.67 bits per heavy atom. The molecule has 2 rings (SSSR count). The van der Waals surface area contributed by atoms with Crippen molar-refractivity contribution in [1.29, 1.82) is 0 Å². The highest BCUT2D eigenvalue weighted by Gasteiger charge is 2.29. The lowest BCUT2D eigenvalue weighted by Gasteiger charge is -2.31. The second-order valence-electron chi connectivity index (χ2n) is 6.04. The van der Waals surface area contributed by atoms with E-state index in [4.69, 9.17) is 5.11 Å². The number of carboxylic acid groups (broad SMARTS) is 1. The summed E-state index contributed by atoms with van der Waals surface area (Å²) in [4.78, 5) is 52.4. The molecule has 2 heterocycles. The first-order valence-electron chi connectivity index (χ1n) is 7.75. The Bertz CT molecular complexity index is 666. The molecule has 1 atom stereocenters. The first-order valence-corrected chi connectivity index (χ1v) is 7.75. The summed E-state index contributed by atoms with van der Waals surface area (Å²) in [6.45, 7) is 1.94. The zero-order valence-electron chi connectivity index (χ0n) is 13.7. The number of carbonyl (C=O) groups is 4. The lowest BCUT2D eigenvalue weighted by atomic mass is 9.98. The molecular formula is C16H21N3O5. The van der Waals surface area contributed by atoms with Gasteiger partial charge in [0, 0.05) is 31.9 Å². The van der Waals surface area contributed by atoms with Crippen LogP contribution < -0.4 is 0 Å². The Morgan fingerprint density at radius 2 is 2.08 bits per heavy atom. The second-order valence-corrected chi connectivity index (χ2v) is 6.04. The van der Waals surface area contributed by atoms with Crippen molar-refractivity contribution in [2.45, 2.75) is 19.8 Å². The standard InChI is InChI=1S/C16H21N3O5/c1-10(20)12-6-13(17-7-12)15(22)18(2)9-14(21)19-5-3-4-11(8-19)16(23)24/h6-7,11,17H,3-5,8-9H2,1-2H3,(H,23,24). The van der Waals surface area contributed by atoms with E-state index in [2.05, 4.69) is 4.98 Å². The molecule has 1 aliphatic rings. The van der Waals surface area contributed by atoms with E-state index in [1.54, 1.807) is 0 Å². The summed E-state index contributed by atoms with van der Waals surface area (Å²) < 4.78 is 0. The summed E-state index contributed by atoms with van der Waals surface area (Å²) in [6.07, 6.45) is 2.65. The Hall–Kier alpha value is -2.64. The molecule has 1 fully saturated rings. The number of nitrogens with one attached hydrogen (secondary N) is 1. The third kappa shape index (κ3) is 4.01. The van der Waals surface area contributed by atoms with Crippen molar-refractivity contribution in [2.75, 3.05) is 26.7 Å². The molecule has 0 bridgehead atoms. The summed E-state index contributed by atoms with van der Waals surface area (Å²) in [5.74, 6) is -2.29. The Kier molecular flexibility index (Phi) is 5.38. The van der Waals surface area contributed by atoms with Gasteiger partial charge < -0.3 is 19.9 Å². The summed E-state index contributed by atoms with van der Waals surface area (Å²) in [5, 5.41) is 9.07. The molecule has 24 heavy (non-hydrogen) atoms. The second kappa shape index (κ2) is 7.29. The molecule has 0 aromatic carbocycles. The third-order valence-corrected chi connectivity index (χ3v) is 4.16. The number of hydrogen-bond donors (Lipinski definition) is 2. The average Bonchev–Trinajstić information content (AvgIpc) is 3.04. The van der Waals surface area contributed by atoms with Gasteiger partial charge in [0.2, 0.25) is 5.91 Å². The predicted molar refractivity (Wildman–Crippen MR) is 84.7 cm³/mol. The van der Waals surface area contributed by atoms with Gasteiger partial charge in [-0.1, -0.05) is 0 Å². The molecule has 0 spiro atoms. The molecule has 1 unspecified atom stereocenters. The zero-order valence-corrected chi connectivity index (χ0v) is 13.7. The summed E-state index contributed by atoms with van der Waals surface area (Å²) in [5.41, 5.74) is 0.635. The number of amides is 2. The van der Waals surface area contributed by atoms with Crippen LogP contribution in [0.5, 0.6) is 0 Å². The molecule has 1 aromatic heterocycles. The van der Waals surface area contributed by atoms with Gasteiger partial charge in [-0.25, -0.2) is 0 Å². The molecule has 8 nitrogen and oxygen atoms in total. The number of H-pyrrole nitrogens is 1. The number of nitrogens with zero attached hydrogens (tertiary/aromatic N) is 2. The van der Waals surface area contributed by atoms with Gasteiger partial charge in [0.15, 0.2) is 5.78 Å². The molecule has 130 valence electrons. The number of carboxylic acids is 1. The number of likely N-dealkylation sites (tertiary alicyclic amines) is 1. The third-order valence-electron chi connectivity index (χ3n) is 4.16. The van der Waals surface area contributed by atoms with E-state index in [9.17, 15) is 19.2 Å². The smallest absolute Gasteiger partial charge is 0.308 e. The molecule has 2 N–H and O–H groups in total. The van der Waals surface area contributed by atoms with Crippen molar-refractivity contribution >= 4 is 23.6 Å². The SMILES string of the molecule is CC(=O)c1c[nH]c(C(=O)N(C)CC(=O)N2CCCC(C(=O)O)C2)c1. The van der Waals surface area contributed by atoms with Crippen molar-refractivity contribution in [3.63, 3.8) is 0 Å². The quantitative estimate of drug-likeness (QED) is 0.766.